The van der Waals surface area contributed by atoms with Gasteiger partial charge in [-0.25, -0.2) is 19.4 Å². The van der Waals surface area contributed by atoms with Crippen molar-refractivity contribution in [2.45, 2.75) is 0 Å². The molecule has 0 heterocycles. The maximum atomic E-state index is 11.5. The Bertz CT molecular complexity index is 855. The van der Waals surface area contributed by atoms with Crippen LogP contribution >= 0.6 is 7.82 Å². The van der Waals surface area contributed by atoms with Gasteiger partial charge in [0.05, 0.1) is 11.1 Å². The van der Waals surface area contributed by atoms with Crippen LogP contribution in [-0.2, 0) is 41.1 Å². The molecule has 0 radical (unpaired) electrons. The third-order valence-electron chi connectivity index (χ3n) is 2.40. The molecule has 0 bridgehead atoms. The van der Waals surface area contributed by atoms with E-state index in [-0.39, 0.29) is 0 Å². The predicted molar refractivity (Wildman–Crippen MR) is 80.4 cm³/mol. The zero-order valence-electron chi connectivity index (χ0n) is 13.2. The topological polar surface area (TPSA) is 174 Å². The van der Waals surface area contributed by atoms with E-state index >= 15 is 0 Å². The van der Waals surface area contributed by atoms with Crippen molar-refractivity contribution in [3.8, 4) is 0 Å². The summed E-state index contributed by atoms with van der Waals surface area (Å²) >= 11 is -6.19. The van der Waals surface area contributed by atoms with Gasteiger partial charge >= 0.3 is 64.6 Å². The van der Waals surface area contributed by atoms with Gasteiger partial charge in [-0.15, -0.1) is 0 Å². The second kappa shape index (κ2) is 10.2. The van der Waals surface area contributed by atoms with Gasteiger partial charge in [-0.05, 0) is 24.3 Å². The van der Waals surface area contributed by atoms with Gasteiger partial charge in [0, 0.05) is 0 Å². The molecule has 146 valence electrons. The first-order chi connectivity index (χ1) is 12.5. The first-order valence-electron chi connectivity index (χ1n) is 6.75. The minimum atomic E-state index is -6.19. The normalized spacial score (nSPS) is 10.9. The van der Waals surface area contributed by atoms with Gasteiger partial charge in [0.1, 0.15) is 0 Å². The molecule has 2 aromatic carbocycles. The van der Waals surface area contributed by atoms with Gasteiger partial charge in [0.15, 0.2) is 0 Å². The van der Waals surface area contributed by atoms with Crippen molar-refractivity contribution < 1.29 is 64.2 Å². The van der Waals surface area contributed by atoms with Crippen LogP contribution in [0.25, 0.3) is 0 Å². The van der Waals surface area contributed by atoms with Crippen molar-refractivity contribution in [2.24, 2.45) is 0 Å². The molecule has 0 fully saturated rings. The van der Waals surface area contributed by atoms with E-state index in [4.69, 9.17) is 13.5 Å². The molecular formula is C14H13O11PW. The molecule has 2 aromatic rings. The van der Waals surface area contributed by atoms with Gasteiger partial charge < -0.3 is 0 Å². The van der Waals surface area contributed by atoms with E-state index in [1.807, 2.05) is 0 Å². The van der Waals surface area contributed by atoms with Crippen LogP contribution in [-0.4, -0.2) is 25.5 Å². The summed E-state index contributed by atoms with van der Waals surface area (Å²) in [7, 11) is -5.07. The second-order valence-electron chi connectivity index (χ2n) is 4.47. The third kappa shape index (κ3) is 10.5. The van der Waals surface area contributed by atoms with E-state index in [0.29, 0.717) is 11.1 Å². The number of rotatable bonds is 4. The summed E-state index contributed by atoms with van der Waals surface area (Å²) in [5, 5.41) is 0. The number of phosphoric acid groups is 1. The summed E-state index contributed by atoms with van der Waals surface area (Å²) in [5.41, 5.74) is 0.636. The Morgan fingerprint density at radius 3 is 1.33 bits per heavy atom. The average Bonchev–Trinajstić information content (AvgIpc) is 2.58. The number of benzene rings is 2. The molecule has 0 atom stereocenters. The molecule has 11 nitrogen and oxygen atoms in total. The Morgan fingerprint density at radius 2 is 1.11 bits per heavy atom. The van der Waals surface area contributed by atoms with Crippen LogP contribution in [0, 0.1) is 0 Å². The van der Waals surface area contributed by atoms with E-state index in [9.17, 15) is 20.9 Å². The zero-order chi connectivity index (χ0) is 20.5. The quantitative estimate of drug-likeness (QED) is 0.275. The van der Waals surface area contributed by atoms with Crippen LogP contribution in [0.2, 0.25) is 0 Å². The number of carbonyl (C=O) groups is 2. The number of carbonyl (C=O) groups excluding carboxylic acids is 2. The van der Waals surface area contributed by atoms with E-state index in [1.54, 1.807) is 60.7 Å². The molecule has 0 aliphatic rings. The van der Waals surface area contributed by atoms with Crippen molar-refractivity contribution in [3.05, 3.63) is 71.8 Å². The van der Waals surface area contributed by atoms with Crippen molar-refractivity contribution in [2.75, 3.05) is 0 Å². The molecule has 27 heavy (non-hydrogen) atoms. The van der Waals surface area contributed by atoms with Crippen molar-refractivity contribution in [3.63, 3.8) is 0 Å². The Labute approximate surface area is 156 Å². The summed E-state index contributed by atoms with van der Waals surface area (Å²) in [4.78, 5) is 47.3. The summed E-state index contributed by atoms with van der Waals surface area (Å²) < 4.78 is 39.5. The van der Waals surface area contributed by atoms with Crippen molar-refractivity contribution in [1.29, 1.82) is 0 Å². The monoisotopic (exact) mass is 572 g/mol. The fourth-order valence-electron chi connectivity index (χ4n) is 1.44. The summed E-state index contributed by atoms with van der Waals surface area (Å²) in [6.07, 6.45) is 0. The summed E-state index contributed by atoms with van der Waals surface area (Å²) in [5.74, 6) is -1.42. The molecule has 0 unspecified atom stereocenters. The van der Waals surface area contributed by atoms with Crippen LogP contribution in [0.4, 0.5) is 0 Å². The fourth-order valence-corrected chi connectivity index (χ4v) is 4.33. The first-order valence-corrected chi connectivity index (χ1v) is 13.2. The minimum absolute atomic E-state index is 0.318. The third-order valence-corrected chi connectivity index (χ3v) is 6.91. The van der Waals surface area contributed by atoms with Gasteiger partial charge in [0.2, 0.25) is 0 Å². The predicted octanol–water partition coefficient (Wildman–Crippen LogP) is 1.38. The van der Waals surface area contributed by atoms with E-state index in [2.05, 4.69) is 13.0 Å². The standard InChI is InChI=1S/C14H10O4.H3O4P.H2O.2O.W/c15-13(11-7-3-1-4-8-11)17-18-14(16)12-9-5-2-6-10-12;1-5(2,3)4;;;;/h1-10H;(H3,1,2,3,4);1H2;;;/q;;;;;+2/p-2. The molecule has 0 aliphatic heterocycles. The summed E-state index contributed by atoms with van der Waals surface area (Å²) in [6.45, 7) is 0. The van der Waals surface area contributed by atoms with Gasteiger partial charge in [-0.1, -0.05) is 36.4 Å². The molecule has 0 amide bonds. The maximum absolute atomic E-state index is 11.5. The Balaban J connectivity index is 0.000000345. The molecule has 2 rings (SSSR count). The van der Waals surface area contributed by atoms with Crippen LogP contribution < -0.4 is 0 Å². The zero-order valence-corrected chi connectivity index (χ0v) is 17.1. The van der Waals surface area contributed by atoms with Crippen LogP contribution in [0.5, 0.6) is 0 Å². The van der Waals surface area contributed by atoms with E-state index in [1.165, 1.54) is 0 Å². The SMILES string of the molecule is O=C(OOC(=O)c1ccccc1)c1ccccc1.O=P(O)(O)[O][W](=[O])(=[O])[OH]. The molecule has 13 heteroatoms. The van der Waals surface area contributed by atoms with Gasteiger partial charge in [0.25, 0.3) is 0 Å². The Kier molecular flexibility index (Phi) is 8.58. The van der Waals surface area contributed by atoms with Crippen LogP contribution in [0.1, 0.15) is 20.7 Å². The number of hydrogen-bond acceptors (Lipinski definition) is 8. The average molecular weight is 572 g/mol. The molecule has 0 spiro atoms. The summed E-state index contributed by atoms with van der Waals surface area (Å²) in [6, 6.07) is 16.6. The van der Waals surface area contributed by atoms with Crippen molar-refractivity contribution in [1.82, 2.24) is 0 Å². The second-order valence-corrected chi connectivity index (χ2v) is 10.3. The van der Waals surface area contributed by atoms with Crippen molar-refractivity contribution >= 4 is 19.8 Å². The Morgan fingerprint density at radius 1 is 0.778 bits per heavy atom. The van der Waals surface area contributed by atoms with Gasteiger partial charge in [-0.3, -0.25) is 0 Å². The van der Waals surface area contributed by atoms with Crippen LogP contribution in [0.3, 0.4) is 0 Å². The fraction of sp³-hybridized carbons (Fsp3) is 0. The first kappa shape index (κ1) is 22.8. The molecular weight excluding hydrogens is 559 g/mol. The molecule has 0 saturated carbocycles. The molecule has 0 aliphatic carbocycles. The molecule has 0 saturated heterocycles. The van der Waals surface area contributed by atoms with E-state index < -0.39 is 36.5 Å². The molecule has 0 aromatic heterocycles. The molecule has 3 N–H and O–H groups in total. The Hall–Kier alpha value is -2.26. The number of hydrogen-bond donors (Lipinski definition) is 3. The van der Waals surface area contributed by atoms with E-state index in [0.717, 1.165) is 0 Å². The van der Waals surface area contributed by atoms with Crippen LogP contribution in [0.15, 0.2) is 60.7 Å². The van der Waals surface area contributed by atoms with Gasteiger partial charge in [-0.2, -0.15) is 0 Å².